The Balaban J connectivity index is 1.62. The normalized spacial score (nSPS) is 11.6. The number of carbonyl (C=O) groups excluding carboxylic acids is 2. The standard InChI is InChI=1S/C21H20ClN3O3/c1-14(19-7-4-12-28-19)23-13-20(26)25-18-6-3-2-5-17(18)21(27)24-16-10-8-15(22)9-11-16/h2-12,14,23H,13H2,1H3,(H,24,27)(H,25,26)/p+1/t14-/m0/s1. The van der Waals surface area contributed by atoms with Crippen molar-refractivity contribution >= 4 is 34.8 Å². The van der Waals surface area contributed by atoms with Gasteiger partial charge < -0.3 is 20.4 Å². The number of anilines is 2. The number of rotatable bonds is 7. The van der Waals surface area contributed by atoms with E-state index in [0.717, 1.165) is 5.76 Å². The molecule has 0 saturated heterocycles. The van der Waals surface area contributed by atoms with E-state index in [1.54, 1.807) is 54.8 Å². The summed E-state index contributed by atoms with van der Waals surface area (Å²) in [6, 6.07) is 17.4. The van der Waals surface area contributed by atoms with Crippen molar-refractivity contribution in [3.05, 3.63) is 83.3 Å². The maximum absolute atomic E-state index is 12.6. The first-order chi connectivity index (χ1) is 13.5. The summed E-state index contributed by atoms with van der Waals surface area (Å²) >= 11 is 5.86. The summed E-state index contributed by atoms with van der Waals surface area (Å²) in [4.78, 5) is 24.9. The molecule has 2 aromatic carbocycles. The Bertz CT molecular complexity index is 940. The van der Waals surface area contributed by atoms with Crippen LogP contribution in [-0.2, 0) is 4.79 Å². The molecule has 1 heterocycles. The molecule has 0 unspecified atom stereocenters. The summed E-state index contributed by atoms with van der Waals surface area (Å²) in [5, 5.41) is 8.06. The van der Waals surface area contributed by atoms with Crippen LogP contribution in [0.1, 0.15) is 29.1 Å². The van der Waals surface area contributed by atoms with E-state index in [2.05, 4.69) is 10.6 Å². The number of quaternary nitrogens is 1. The lowest BCUT2D eigenvalue weighted by Gasteiger charge is -2.12. The van der Waals surface area contributed by atoms with E-state index in [9.17, 15) is 9.59 Å². The Morgan fingerprint density at radius 3 is 2.50 bits per heavy atom. The number of benzene rings is 2. The number of nitrogens with two attached hydrogens (primary N) is 1. The summed E-state index contributed by atoms with van der Waals surface area (Å²) in [6.07, 6.45) is 1.61. The molecule has 6 nitrogen and oxygen atoms in total. The minimum absolute atomic E-state index is 0.0178. The second-order valence-electron chi connectivity index (χ2n) is 6.30. The predicted molar refractivity (Wildman–Crippen MR) is 108 cm³/mol. The quantitative estimate of drug-likeness (QED) is 0.569. The Morgan fingerprint density at radius 2 is 1.79 bits per heavy atom. The smallest absolute Gasteiger partial charge is 0.279 e. The summed E-state index contributed by atoms with van der Waals surface area (Å²) in [5.41, 5.74) is 1.46. The molecule has 0 saturated carbocycles. The SMILES string of the molecule is C[C@H]([NH2+]CC(=O)Nc1ccccc1C(=O)Nc1ccc(Cl)cc1)c1ccco1. The van der Waals surface area contributed by atoms with Gasteiger partial charge in [0.25, 0.3) is 11.8 Å². The average molecular weight is 399 g/mol. The van der Waals surface area contributed by atoms with Gasteiger partial charge in [-0.25, -0.2) is 0 Å². The molecule has 3 aromatic rings. The highest BCUT2D eigenvalue weighted by Crippen LogP contribution is 2.19. The molecule has 4 N–H and O–H groups in total. The minimum Gasteiger partial charge on any atom is -0.463 e. The molecule has 0 bridgehead atoms. The number of para-hydroxylation sites is 1. The molecule has 1 aromatic heterocycles. The van der Waals surface area contributed by atoms with Gasteiger partial charge in [-0.2, -0.15) is 0 Å². The number of halogens is 1. The first kappa shape index (κ1) is 19.7. The van der Waals surface area contributed by atoms with Crippen molar-refractivity contribution < 1.29 is 19.3 Å². The number of hydrogen-bond donors (Lipinski definition) is 3. The van der Waals surface area contributed by atoms with E-state index in [4.69, 9.17) is 16.0 Å². The second kappa shape index (κ2) is 9.21. The van der Waals surface area contributed by atoms with Gasteiger partial charge in [0.15, 0.2) is 12.3 Å². The van der Waals surface area contributed by atoms with Crippen LogP contribution in [0.4, 0.5) is 11.4 Å². The fourth-order valence-electron chi connectivity index (χ4n) is 2.67. The van der Waals surface area contributed by atoms with Crippen LogP contribution in [0, 0.1) is 0 Å². The maximum Gasteiger partial charge on any atom is 0.279 e. The highest BCUT2D eigenvalue weighted by molar-refractivity contribution is 6.30. The van der Waals surface area contributed by atoms with E-state index < -0.39 is 0 Å². The third-order valence-electron chi connectivity index (χ3n) is 4.20. The van der Waals surface area contributed by atoms with Crippen molar-refractivity contribution in [1.29, 1.82) is 0 Å². The summed E-state index contributed by atoms with van der Waals surface area (Å²) in [5.74, 6) is 0.284. The highest BCUT2D eigenvalue weighted by Gasteiger charge is 2.16. The number of nitrogens with one attached hydrogen (secondary N) is 2. The van der Waals surface area contributed by atoms with Crippen LogP contribution in [0.25, 0.3) is 0 Å². The van der Waals surface area contributed by atoms with Crippen LogP contribution < -0.4 is 16.0 Å². The van der Waals surface area contributed by atoms with E-state index in [1.807, 2.05) is 24.4 Å². The van der Waals surface area contributed by atoms with Crippen molar-refractivity contribution in [3.63, 3.8) is 0 Å². The van der Waals surface area contributed by atoms with E-state index >= 15 is 0 Å². The van der Waals surface area contributed by atoms with Crippen molar-refractivity contribution in [1.82, 2.24) is 0 Å². The lowest BCUT2D eigenvalue weighted by molar-refractivity contribution is -0.684. The lowest BCUT2D eigenvalue weighted by Crippen LogP contribution is -2.86. The largest absolute Gasteiger partial charge is 0.463 e. The molecule has 0 aliphatic rings. The molecule has 0 aliphatic carbocycles. The van der Waals surface area contributed by atoms with Crippen LogP contribution in [0.2, 0.25) is 5.02 Å². The monoisotopic (exact) mass is 398 g/mol. The summed E-state index contributed by atoms with van der Waals surface area (Å²) in [6.45, 7) is 2.16. The summed E-state index contributed by atoms with van der Waals surface area (Å²) < 4.78 is 5.34. The minimum atomic E-state index is -0.314. The highest BCUT2D eigenvalue weighted by atomic mass is 35.5. The van der Waals surface area contributed by atoms with Crippen LogP contribution >= 0.6 is 11.6 Å². The third kappa shape index (κ3) is 5.22. The van der Waals surface area contributed by atoms with E-state index in [-0.39, 0.29) is 24.4 Å². The molecule has 0 aliphatic heterocycles. The van der Waals surface area contributed by atoms with Crippen LogP contribution in [0.5, 0.6) is 0 Å². The van der Waals surface area contributed by atoms with Crippen molar-refractivity contribution in [2.24, 2.45) is 0 Å². The van der Waals surface area contributed by atoms with Gasteiger partial charge in [0.2, 0.25) is 0 Å². The molecule has 28 heavy (non-hydrogen) atoms. The molecule has 3 rings (SSSR count). The van der Waals surface area contributed by atoms with Gasteiger partial charge in [0, 0.05) is 10.7 Å². The van der Waals surface area contributed by atoms with Gasteiger partial charge in [0.05, 0.1) is 17.5 Å². The number of carbonyl (C=O) groups is 2. The van der Waals surface area contributed by atoms with Crippen molar-refractivity contribution in [3.8, 4) is 0 Å². The Kier molecular flexibility index (Phi) is 6.47. The maximum atomic E-state index is 12.6. The van der Waals surface area contributed by atoms with Gasteiger partial charge in [-0.1, -0.05) is 23.7 Å². The predicted octanol–water partition coefficient (Wildman–Crippen LogP) is 3.45. The Hall–Kier alpha value is -3.09. The number of hydrogen-bond acceptors (Lipinski definition) is 3. The zero-order valence-corrected chi connectivity index (χ0v) is 16.1. The van der Waals surface area contributed by atoms with Crippen molar-refractivity contribution in [2.75, 3.05) is 17.2 Å². The van der Waals surface area contributed by atoms with Gasteiger partial charge >= 0.3 is 0 Å². The Morgan fingerprint density at radius 1 is 1.04 bits per heavy atom. The van der Waals surface area contributed by atoms with E-state index in [1.165, 1.54) is 0 Å². The molecule has 2 amide bonds. The molecule has 0 fully saturated rings. The number of amides is 2. The first-order valence-electron chi connectivity index (χ1n) is 8.85. The van der Waals surface area contributed by atoms with Gasteiger partial charge in [-0.05, 0) is 55.5 Å². The molecular formula is C21H21ClN3O3+. The van der Waals surface area contributed by atoms with Crippen molar-refractivity contribution in [2.45, 2.75) is 13.0 Å². The molecule has 7 heteroatoms. The molecule has 1 atom stereocenters. The van der Waals surface area contributed by atoms with Crippen LogP contribution in [0.3, 0.4) is 0 Å². The molecular weight excluding hydrogens is 378 g/mol. The third-order valence-corrected chi connectivity index (χ3v) is 4.45. The molecule has 144 valence electrons. The first-order valence-corrected chi connectivity index (χ1v) is 9.23. The lowest BCUT2D eigenvalue weighted by atomic mass is 10.1. The molecule has 0 spiro atoms. The number of furan rings is 1. The zero-order valence-electron chi connectivity index (χ0n) is 15.3. The van der Waals surface area contributed by atoms with Gasteiger partial charge in [-0.3, -0.25) is 9.59 Å². The fourth-order valence-corrected chi connectivity index (χ4v) is 2.80. The molecule has 0 radical (unpaired) electrons. The van der Waals surface area contributed by atoms with Gasteiger partial charge in [0.1, 0.15) is 6.04 Å². The van der Waals surface area contributed by atoms with E-state index in [0.29, 0.717) is 22.0 Å². The van der Waals surface area contributed by atoms with Crippen LogP contribution in [-0.4, -0.2) is 18.4 Å². The Labute approximate surface area is 167 Å². The zero-order chi connectivity index (χ0) is 19.9. The topological polar surface area (TPSA) is 88.0 Å². The average Bonchev–Trinajstić information content (AvgIpc) is 3.23. The van der Waals surface area contributed by atoms with Crippen LogP contribution in [0.15, 0.2) is 71.3 Å². The second-order valence-corrected chi connectivity index (χ2v) is 6.74. The fraction of sp³-hybridized carbons (Fsp3) is 0.143. The van der Waals surface area contributed by atoms with Gasteiger partial charge in [-0.15, -0.1) is 0 Å². The summed E-state index contributed by atoms with van der Waals surface area (Å²) in [7, 11) is 0.